The van der Waals surface area contributed by atoms with Crippen LogP contribution in [0.3, 0.4) is 0 Å². The van der Waals surface area contributed by atoms with Crippen LogP contribution < -0.4 is 5.32 Å². The lowest BCUT2D eigenvalue weighted by molar-refractivity contribution is 0.742. The molecule has 0 aliphatic carbocycles. The molecule has 0 amide bonds. The highest BCUT2D eigenvalue weighted by Gasteiger charge is 2.19. The lowest BCUT2D eigenvalue weighted by Gasteiger charge is -2.02. The zero-order valence-electron chi connectivity index (χ0n) is 9.32. The van der Waals surface area contributed by atoms with Gasteiger partial charge in [-0.3, -0.25) is 0 Å². The van der Waals surface area contributed by atoms with E-state index in [0.29, 0.717) is 5.92 Å². The maximum Gasteiger partial charge on any atom is 0.123 e. The molecule has 4 heteroatoms. The van der Waals surface area contributed by atoms with Crippen molar-refractivity contribution in [1.29, 1.82) is 0 Å². The van der Waals surface area contributed by atoms with Crippen molar-refractivity contribution in [2.24, 2.45) is 0 Å². The van der Waals surface area contributed by atoms with Gasteiger partial charge in [-0.05, 0) is 25.1 Å². The van der Waals surface area contributed by atoms with E-state index in [4.69, 9.17) is 4.98 Å². The molecule has 1 atom stereocenters. The minimum absolute atomic E-state index is 0.604. The second-order valence-electron chi connectivity index (χ2n) is 4.28. The zero-order valence-corrected chi connectivity index (χ0v) is 11.7. The molecule has 2 nitrogen and oxygen atoms in total. The molecular formula is C13H13BrN2S. The summed E-state index contributed by atoms with van der Waals surface area (Å²) in [4.78, 5) is 4.76. The summed E-state index contributed by atoms with van der Waals surface area (Å²) >= 11 is 5.24. The Bertz CT molecular complexity index is 518. The van der Waals surface area contributed by atoms with Crippen molar-refractivity contribution in [2.45, 2.75) is 12.3 Å². The molecule has 17 heavy (non-hydrogen) atoms. The second-order valence-corrected chi connectivity index (χ2v) is 6.05. The van der Waals surface area contributed by atoms with E-state index in [1.807, 2.05) is 6.07 Å². The van der Waals surface area contributed by atoms with Gasteiger partial charge in [0.25, 0.3) is 0 Å². The van der Waals surface area contributed by atoms with Crippen LogP contribution in [0.25, 0.3) is 10.6 Å². The van der Waals surface area contributed by atoms with Gasteiger partial charge in [-0.15, -0.1) is 11.3 Å². The molecular weight excluding hydrogens is 296 g/mol. The molecule has 0 radical (unpaired) electrons. The molecule has 1 aliphatic heterocycles. The van der Waals surface area contributed by atoms with Crippen LogP contribution in [0.1, 0.15) is 18.0 Å². The van der Waals surface area contributed by atoms with Gasteiger partial charge in [-0.2, -0.15) is 0 Å². The van der Waals surface area contributed by atoms with Crippen LogP contribution in [0.2, 0.25) is 0 Å². The summed E-state index contributed by atoms with van der Waals surface area (Å²) in [5.74, 6) is 0.604. The third-order valence-corrected chi connectivity index (χ3v) is 4.47. The van der Waals surface area contributed by atoms with Crippen LogP contribution in [-0.4, -0.2) is 18.1 Å². The Balaban J connectivity index is 1.89. The van der Waals surface area contributed by atoms with Crippen molar-refractivity contribution in [2.75, 3.05) is 13.1 Å². The number of nitrogens with one attached hydrogen (secondary N) is 1. The number of hydrogen-bond acceptors (Lipinski definition) is 3. The number of benzene rings is 1. The first kappa shape index (κ1) is 11.4. The fourth-order valence-corrected chi connectivity index (χ4v) is 3.43. The van der Waals surface area contributed by atoms with E-state index in [-0.39, 0.29) is 0 Å². The van der Waals surface area contributed by atoms with Crippen molar-refractivity contribution in [1.82, 2.24) is 10.3 Å². The Morgan fingerprint density at radius 2 is 2.35 bits per heavy atom. The van der Waals surface area contributed by atoms with Crippen LogP contribution in [-0.2, 0) is 0 Å². The fourth-order valence-electron chi connectivity index (χ4n) is 2.13. The molecule has 1 fully saturated rings. The van der Waals surface area contributed by atoms with Gasteiger partial charge in [0, 0.05) is 27.9 Å². The molecule has 1 aromatic heterocycles. The fraction of sp³-hybridized carbons (Fsp3) is 0.308. The van der Waals surface area contributed by atoms with Crippen LogP contribution in [0.15, 0.2) is 34.1 Å². The number of hydrogen-bond donors (Lipinski definition) is 1. The normalized spacial score (nSPS) is 19.7. The maximum atomic E-state index is 4.76. The summed E-state index contributed by atoms with van der Waals surface area (Å²) in [5.41, 5.74) is 2.44. The van der Waals surface area contributed by atoms with Gasteiger partial charge in [0.05, 0.1) is 5.69 Å². The van der Waals surface area contributed by atoms with E-state index in [2.05, 4.69) is 44.8 Å². The van der Waals surface area contributed by atoms with Crippen LogP contribution in [0.4, 0.5) is 0 Å². The van der Waals surface area contributed by atoms with E-state index >= 15 is 0 Å². The third kappa shape index (κ3) is 2.44. The zero-order chi connectivity index (χ0) is 11.7. The minimum atomic E-state index is 0.604. The van der Waals surface area contributed by atoms with Crippen molar-refractivity contribution in [3.8, 4) is 10.6 Å². The van der Waals surface area contributed by atoms with Crippen molar-refractivity contribution in [3.05, 3.63) is 39.8 Å². The smallest absolute Gasteiger partial charge is 0.123 e. The van der Waals surface area contributed by atoms with Gasteiger partial charge < -0.3 is 5.32 Å². The first-order valence-corrected chi connectivity index (χ1v) is 7.42. The van der Waals surface area contributed by atoms with E-state index < -0.39 is 0 Å². The van der Waals surface area contributed by atoms with Crippen LogP contribution in [0, 0.1) is 0 Å². The van der Waals surface area contributed by atoms with Gasteiger partial charge in [-0.25, -0.2) is 4.98 Å². The van der Waals surface area contributed by atoms with Gasteiger partial charge in [0.1, 0.15) is 5.01 Å². The molecule has 0 bridgehead atoms. The summed E-state index contributed by atoms with van der Waals surface area (Å²) < 4.78 is 1.11. The van der Waals surface area contributed by atoms with Gasteiger partial charge in [0.15, 0.2) is 0 Å². The highest BCUT2D eigenvalue weighted by Crippen LogP contribution is 2.30. The summed E-state index contributed by atoms with van der Waals surface area (Å²) in [6.45, 7) is 2.19. The topological polar surface area (TPSA) is 24.9 Å². The van der Waals surface area contributed by atoms with Crippen molar-refractivity contribution < 1.29 is 0 Å². The Morgan fingerprint density at radius 1 is 1.41 bits per heavy atom. The highest BCUT2D eigenvalue weighted by atomic mass is 79.9. The molecule has 3 rings (SSSR count). The Hall–Kier alpha value is -0.710. The van der Waals surface area contributed by atoms with Gasteiger partial charge in [-0.1, -0.05) is 28.1 Å². The molecule has 0 spiro atoms. The Labute approximate surface area is 113 Å². The lowest BCUT2D eigenvalue weighted by Crippen LogP contribution is -2.08. The minimum Gasteiger partial charge on any atom is -0.316 e. The molecule has 1 saturated heterocycles. The van der Waals surface area contributed by atoms with Gasteiger partial charge >= 0.3 is 0 Å². The molecule has 0 saturated carbocycles. The SMILES string of the molecule is Brc1cccc(-c2nc(C3CCNC3)cs2)c1. The van der Waals surface area contributed by atoms with E-state index in [9.17, 15) is 0 Å². The predicted molar refractivity (Wildman–Crippen MR) is 75.5 cm³/mol. The lowest BCUT2D eigenvalue weighted by atomic mass is 10.1. The molecule has 1 aliphatic rings. The third-order valence-electron chi connectivity index (χ3n) is 3.07. The second kappa shape index (κ2) is 4.88. The standard InChI is InChI=1S/C13H13BrN2S/c14-11-3-1-2-9(6-11)13-16-12(8-17-13)10-4-5-15-7-10/h1-3,6,8,10,15H,4-5,7H2. The monoisotopic (exact) mass is 308 g/mol. The largest absolute Gasteiger partial charge is 0.316 e. The summed E-state index contributed by atoms with van der Waals surface area (Å²) in [5, 5.41) is 6.71. The average molecular weight is 309 g/mol. The summed E-state index contributed by atoms with van der Waals surface area (Å²) in [6.07, 6.45) is 1.21. The molecule has 88 valence electrons. The van der Waals surface area contributed by atoms with E-state index in [1.54, 1.807) is 11.3 Å². The summed E-state index contributed by atoms with van der Waals surface area (Å²) in [7, 11) is 0. The first-order chi connectivity index (χ1) is 8.33. The molecule has 1 aromatic carbocycles. The Morgan fingerprint density at radius 3 is 3.12 bits per heavy atom. The van der Waals surface area contributed by atoms with Gasteiger partial charge in [0.2, 0.25) is 0 Å². The average Bonchev–Trinajstić information content (AvgIpc) is 3.00. The number of thiazole rings is 1. The number of halogens is 1. The number of rotatable bonds is 2. The van der Waals surface area contributed by atoms with E-state index in [1.165, 1.54) is 17.7 Å². The predicted octanol–water partition coefficient (Wildman–Crippen LogP) is 3.65. The van der Waals surface area contributed by atoms with Crippen LogP contribution >= 0.6 is 27.3 Å². The summed E-state index contributed by atoms with van der Waals surface area (Å²) in [6, 6.07) is 8.33. The molecule has 1 N–H and O–H groups in total. The van der Waals surface area contributed by atoms with E-state index in [0.717, 1.165) is 22.6 Å². The molecule has 2 aromatic rings. The first-order valence-electron chi connectivity index (χ1n) is 5.75. The van der Waals surface area contributed by atoms with Crippen molar-refractivity contribution in [3.63, 3.8) is 0 Å². The number of aromatic nitrogens is 1. The van der Waals surface area contributed by atoms with Crippen LogP contribution in [0.5, 0.6) is 0 Å². The quantitative estimate of drug-likeness (QED) is 0.916. The maximum absolute atomic E-state index is 4.76. The Kier molecular flexibility index (Phi) is 3.27. The number of nitrogens with zero attached hydrogens (tertiary/aromatic N) is 1. The molecule has 1 unspecified atom stereocenters. The van der Waals surface area contributed by atoms with Crippen molar-refractivity contribution >= 4 is 27.3 Å². The molecule has 2 heterocycles. The highest BCUT2D eigenvalue weighted by molar-refractivity contribution is 9.10.